The fourth-order valence-electron chi connectivity index (χ4n) is 3.64. The van der Waals surface area contributed by atoms with Gasteiger partial charge in [-0.05, 0) is 13.8 Å². The molecule has 0 saturated carbocycles. The second-order valence-corrected chi connectivity index (χ2v) is 7.27. The molecular weight excluding hydrogens is 336 g/mol. The smallest absolute Gasteiger partial charge is 0.155 e. The van der Waals surface area contributed by atoms with Crippen molar-refractivity contribution in [3.8, 4) is 11.3 Å². The summed E-state index contributed by atoms with van der Waals surface area (Å²) in [7, 11) is 1.98. The van der Waals surface area contributed by atoms with E-state index in [1.54, 1.807) is 12.4 Å². The first-order chi connectivity index (χ1) is 13.1. The van der Waals surface area contributed by atoms with E-state index in [0.29, 0.717) is 0 Å². The molecule has 0 amide bonds. The van der Waals surface area contributed by atoms with Crippen molar-refractivity contribution in [2.24, 2.45) is 7.05 Å². The normalized spacial score (nSPS) is 15.3. The van der Waals surface area contributed by atoms with Gasteiger partial charge in [-0.3, -0.25) is 14.6 Å². The first-order valence-electron chi connectivity index (χ1n) is 9.44. The van der Waals surface area contributed by atoms with Crippen LogP contribution in [0.25, 0.3) is 11.3 Å². The second kappa shape index (κ2) is 7.48. The number of rotatable bonds is 4. The van der Waals surface area contributed by atoms with Crippen molar-refractivity contribution < 1.29 is 0 Å². The first kappa shape index (κ1) is 17.7. The van der Waals surface area contributed by atoms with Gasteiger partial charge in [-0.1, -0.05) is 29.8 Å². The highest BCUT2D eigenvalue weighted by Crippen LogP contribution is 2.27. The van der Waals surface area contributed by atoms with Crippen LogP contribution in [-0.2, 0) is 13.6 Å². The molecule has 0 N–H and O–H groups in total. The van der Waals surface area contributed by atoms with Crippen LogP contribution in [0, 0.1) is 13.8 Å². The lowest BCUT2D eigenvalue weighted by molar-refractivity contribution is 0.249. The summed E-state index contributed by atoms with van der Waals surface area (Å²) < 4.78 is 1.90. The van der Waals surface area contributed by atoms with Crippen molar-refractivity contribution in [3.05, 3.63) is 59.7 Å². The number of anilines is 1. The molecule has 0 spiro atoms. The van der Waals surface area contributed by atoms with Gasteiger partial charge < -0.3 is 4.90 Å². The quantitative estimate of drug-likeness (QED) is 0.714. The molecule has 6 nitrogen and oxygen atoms in total. The standard InChI is InChI=1S/C21H26N6/c1-16-4-6-18(7-5-16)20-21(23-9-8-22-20)27-12-10-26(11-13-27)15-19-14-25(3)24-17(19)2/h4-9,14H,10-13,15H2,1-3H3. The largest absolute Gasteiger partial charge is 0.352 e. The molecule has 3 aromatic rings. The molecular formula is C21H26N6. The van der Waals surface area contributed by atoms with Crippen LogP contribution in [0.15, 0.2) is 42.9 Å². The van der Waals surface area contributed by atoms with E-state index in [4.69, 9.17) is 0 Å². The minimum Gasteiger partial charge on any atom is -0.352 e. The minimum absolute atomic E-state index is 0.955. The zero-order valence-electron chi connectivity index (χ0n) is 16.3. The Kier molecular flexibility index (Phi) is 4.90. The predicted octanol–water partition coefficient (Wildman–Crippen LogP) is 2.82. The van der Waals surface area contributed by atoms with Gasteiger partial charge in [0.05, 0.1) is 5.69 Å². The maximum Gasteiger partial charge on any atom is 0.155 e. The Morgan fingerprint density at radius 1 is 0.926 bits per heavy atom. The van der Waals surface area contributed by atoms with Gasteiger partial charge in [-0.15, -0.1) is 0 Å². The Morgan fingerprint density at radius 2 is 1.63 bits per heavy atom. The molecule has 2 aromatic heterocycles. The molecule has 0 radical (unpaired) electrons. The van der Waals surface area contributed by atoms with E-state index in [9.17, 15) is 0 Å². The number of aryl methyl sites for hydroxylation is 3. The average molecular weight is 362 g/mol. The van der Waals surface area contributed by atoms with Gasteiger partial charge in [-0.25, -0.2) is 4.98 Å². The van der Waals surface area contributed by atoms with Crippen molar-refractivity contribution in [3.63, 3.8) is 0 Å². The number of nitrogens with zero attached hydrogens (tertiary/aromatic N) is 6. The van der Waals surface area contributed by atoms with Crippen LogP contribution in [0.3, 0.4) is 0 Å². The predicted molar refractivity (Wildman–Crippen MR) is 108 cm³/mol. The zero-order valence-corrected chi connectivity index (χ0v) is 16.3. The van der Waals surface area contributed by atoms with Crippen molar-refractivity contribution in [2.75, 3.05) is 31.1 Å². The van der Waals surface area contributed by atoms with Crippen molar-refractivity contribution >= 4 is 5.82 Å². The summed E-state index contributed by atoms with van der Waals surface area (Å²) in [5, 5.41) is 4.45. The fourth-order valence-corrected chi connectivity index (χ4v) is 3.64. The molecule has 1 aliphatic rings. The van der Waals surface area contributed by atoms with Crippen molar-refractivity contribution in [2.45, 2.75) is 20.4 Å². The Hall–Kier alpha value is -2.73. The minimum atomic E-state index is 0.955. The summed E-state index contributed by atoms with van der Waals surface area (Å²) in [5.74, 6) is 0.985. The summed E-state index contributed by atoms with van der Waals surface area (Å²) in [5.41, 5.74) is 5.77. The summed E-state index contributed by atoms with van der Waals surface area (Å²) in [6.45, 7) is 9.08. The summed E-state index contributed by atoms with van der Waals surface area (Å²) in [6.07, 6.45) is 5.69. The number of aromatic nitrogens is 4. The first-order valence-corrected chi connectivity index (χ1v) is 9.44. The monoisotopic (exact) mass is 362 g/mol. The highest BCUT2D eigenvalue weighted by molar-refractivity contribution is 5.72. The molecule has 0 atom stereocenters. The van der Waals surface area contributed by atoms with Crippen LogP contribution in [0.5, 0.6) is 0 Å². The van der Waals surface area contributed by atoms with E-state index in [0.717, 1.165) is 55.5 Å². The molecule has 4 rings (SSSR count). The molecule has 0 aliphatic carbocycles. The van der Waals surface area contributed by atoms with Crippen molar-refractivity contribution in [1.82, 2.24) is 24.6 Å². The molecule has 140 valence electrons. The molecule has 1 fully saturated rings. The summed E-state index contributed by atoms with van der Waals surface area (Å²) in [6, 6.07) is 8.51. The van der Waals surface area contributed by atoms with Gasteiger partial charge in [0.1, 0.15) is 5.69 Å². The third-order valence-electron chi connectivity index (χ3n) is 5.18. The van der Waals surface area contributed by atoms with Crippen LogP contribution >= 0.6 is 0 Å². The van der Waals surface area contributed by atoms with Gasteiger partial charge in [0.15, 0.2) is 5.82 Å². The number of hydrogen-bond acceptors (Lipinski definition) is 5. The summed E-state index contributed by atoms with van der Waals surface area (Å²) in [4.78, 5) is 14.1. The Labute approximate surface area is 160 Å². The van der Waals surface area contributed by atoms with Gasteiger partial charge in [0.2, 0.25) is 0 Å². The molecule has 0 bridgehead atoms. The number of benzene rings is 1. The van der Waals surface area contributed by atoms with E-state index < -0.39 is 0 Å². The number of hydrogen-bond donors (Lipinski definition) is 0. The average Bonchev–Trinajstić information content (AvgIpc) is 3.00. The lowest BCUT2D eigenvalue weighted by atomic mass is 10.1. The van der Waals surface area contributed by atoms with Crippen LogP contribution in [-0.4, -0.2) is 50.8 Å². The molecule has 1 aromatic carbocycles. The van der Waals surface area contributed by atoms with Gasteiger partial charge in [-0.2, -0.15) is 5.10 Å². The van der Waals surface area contributed by atoms with Crippen molar-refractivity contribution in [1.29, 1.82) is 0 Å². The molecule has 6 heteroatoms. The maximum absolute atomic E-state index is 4.66. The molecule has 1 saturated heterocycles. The molecule has 27 heavy (non-hydrogen) atoms. The Morgan fingerprint density at radius 3 is 2.30 bits per heavy atom. The topological polar surface area (TPSA) is 50.1 Å². The van der Waals surface area contributed by atoms with Crippen LogP contribution in [0.1, 0.15) is 16.8 Å². The fraction of sp³-hybridized carbons (Fsp3) is 0.381. The van der Waals surface area contributed by atoms with E-state index in [1.165, 1.54) is 11.1 Å². The second-order valence-electron chi connectivity index (χ2n) is 7.27. The van der Waals surface area contributed by atoms with Gasteiger partial charge >= 0.3 is 0 Å². The lowest BCUT2D eigenvalue weighted by Gasteiger charge is -2.35. The van der Waals surface area contributed by atoms with E-state index in [2.05, 4.69) is 69.2 Å². The molecule has 0 unspecified atom stereocenters. The van der Waals surface area contributed by atoms with E-state index >= 15 is 0 Å². The highest BCUT2D eigenvalue weighted by Gasteiger charge is 2.22. The third kappa shape index (κ3) is 3.85. The van der Waals surface area contributed by atoms with Crippen LogP contribution in [0.2, 0.25) is 0 Å². The zero-order chi connectivity index (χ0) is 18.8. The van der Waals surface area contributed by atoms with E-state index in [1.807, 2.05) is 11.7 Å². The van der Waals surface area contributed by atoms with Gasteiger partial charge in [0.25, 0.3) is 0 Å². The number of piperazine rings is 1. The lowest BCUT2D eigenvalue weighted by Crippen LogP contribution is -2.46. The SMILES string of the molecule is Cc1ccc(-c2nccnc2N2CCN(Cc3cn(C)nc3C)CC2)cc1. The maximum atomic E-state index is 4.66. The van der Waals surface area contributed by atoms with Gasteiger partial charge in [0, 0.05) is 69.5 Å². The van der Waals surface area contributed by atoms with E-state index in [-0.39, 0.29) is 0 Å². The molecule has 1 aliphatic heterocycles. The molecule has 3 heterocycles. The summed E-state index contributed by atoms with van der Waals surface area (Å²) >= 11 is 0. The van der Waals surface area contributed by atoms with Crippen LogP contribution in [0.4, 0.5) is 5.82 Å². The highest BCUT2D eigenvalue weighted by atomic mass is 15.3. The van der Waals surface area contributed by atoms with Crippen LogP contribution < -0.4 is 4.90 Å². The Balaban J connectivity index is 1.47. The Bertz CT molecular complexity index is 907. The third-order valence-corrected chi connectivity index (χ3v) is 5.18.